The molecule has 0 saturated heterocycles. The van der Waals surface area contributed by atoms with E-state index in [1.54, 1.807) is 18.2 Å². The van der Waals surface area contributed by atoms with E-state index in [4.69, 9.17) is 11.6 Å². The van der Waals surface area contributed by atoms with Gasteiger partial charge in [-0.3, -0.25) is 4.72 Å². The fraction of sp³-hybridized carbons (Fsp3) is 0.0833. The smallest absolute Gasteiger partial charge is 0.263 e. The van der Waals surface area contributed by atoms with E-state index >= 15 is 0 Å². The number of pyridine rings is 1. The van der Waals surface area contributed by atoms with Crippen molar-refractivity contribution in [2.45, 2.75) is 11.8 Å². The average Bonchev–Trinajstić information content (AvgIpc) is 2.34. The molecule has 0 aliphatic rings. The highest BCUT2D eigenvalue weighted by molar-refractivity contribution is 9.10. The molecule has 4 nitrogen and oxygen atoms in total. The van der Waals surface area contributed by atoms with Crippen LogP contribution in [0.4, 0.5) is 5.69 Å². The fourth-order valence-electron chi connectivity index (χ4n) is 1.44. The van der Waals surface area contributed by atoms with Crippen LogP contribution in [0.2, 0.25) is 5.15 Å². The second-order valence-corrected chi connectivity index (χ2v) is 6.81. The van der Waals surface area contributed by atoms with Crippen molar-refractivity contribution in [1.29, 1.82) is 0 Å². The molecule has 0 fully saturated rings. The summed E-state index contributed by atoms with van der Waals surface area (Å²) in [5, 5.41) is 0.249. The summed E-state index contributed by atoms with van der Waals surface area (Å²) >= 11 is 8.99. The van der Waals surface area contributed by atoms with E-state index < -0.39 is 10.0 Å². The highest BCUT2D eigenvalue weighted by Gasteiger charge is 2.14. The number of aryl methyl sites for hydroxylation is 1. The molecule has 0 amide bonds. The molecule has 1 N–H and O–H groups in total. The van der Waals surface area contributed by atoms with Crippen LogP contribution in [0.5, 0.6) is 0 Å². The van der Waals surface area contributed by atoms with Crippen LogP contribution < -0.4 is 4.72 Å². The lowest BCUT2D eigenvalue weighted by Gasteiger charge is -2.09. The lowest BCUT2D eigenvalue weighted by Crippen LogP contribution is -2.13. The second-order valence-electron chi connectivity index (χ2n) is 3.89. The summed E-state index contributed by atoms with van der Waals surface area (Å²) in [7, 11) is -3.65. The minimum atomic E-state index is -3.65. The zero-order valence-electron chi connectivity index (χ0n) is 9.89. The number of halogens is 2. The van der Waals surface area contributed by atoms with Crippen molar-refractivity contribution in [1.82, 2.24) is 4.98 Å². The predicted octanol–water partition coefficient (Wildman–Crippen LogP) is 3.61. The Labute approximate surface area is 125 Å². The zero-order chi connectivity index (χ0) is 14.0. The lowest BCUT2D eigenvalue weighted by atomic mass is 10.2. The molecule has 0 atom stereocenters. The van der Waals surface area contributed by atoms with E-state index in [1.165, 1.54) is 18.3 Å². The largest absolute Gasteiger partial charge is 0.280 e. The molecule has 1 heterocycles. The molecular weight excluding hydrogens is 352 g/mol. The molecule has 2 rings (SSSR count). The summed E-state index contributed by atoms with van der Waals surface area (Å²) in [4.78, 5) is 3.82. The SMILES string of the molecule is Cc1cc(NS(=O)(=O)c2ccc(Cl)nc2)ccc1Br. The highest BCUT2D eigenvalue weighted by Crippen LogP contribution is 2.22. The maximum absolute atomic E-state index is 12.1. The molecular formula is C12H10BrClN2O2S. The molecule has 0 saturated carbocycles. The summed E-state index contributed by atoms with van der Waals surface area (Å²) in [6, 6.07) is 8.04. The van der Waals surface area contributed by atoms with Crippen LogP contribution in [0.15, 0.2) is 45.9 Å². The summed E-state index contributed by atoms with van der Waals surface area (Å²) in [6.07, 6.45) is 1.22. The van der Waals surface area contributed by atoms with E-state index in [1.807, 2.05) is 6.92 Å². The molecule has 7 heteroatoms. The van der Waals surface area contributed by atoms with Crippen LogP contribution in [-0.2, 0) is 10.0 Å². The third-order valence-corrected chi connectivity index (χ3v) is 4.90. The van der Waals surface area contributed by atoms with Gasteiger partial charge in [-0.2, -0.15) is 0 Å². The van der Waals surface area contributed by atoms with Crippen molar-refractivity contribution in [3.05, 3.63) is 51.7 Å². The number of anilines is 1. The normalized spacial score (nSPS) is 11.3. The molecule has 0 aliphatic heterocycles. The van der Waals surface area contributed by atoms with Gasteiger partial charge in [-0.25, -0.2) is 13.4 Å². The summed E-state index contributed by atoms with van der Waals surface area (Å²) in [5.74, 6) is 0. The first-order chi connectivity index (χ1) is 8.88. The van der Waals surface area contributed by atoms with E-state index in [-0.39, 0.29) is 10.0 Å². The van der Waals surface area contributed by atoms with Crippen LogP contribution in [-0.4, -0.2) is 13.4 Å². The molecule has 0 radical (unpaired) electrons. The number of rotatable bonds is 3. The first-order valence-corrected chi connectivity index (χ1v) is 7.94. The number of hydrogen-bond donors (Lipinski definition) is 1. The molecule has 1 aromatic heterocycles. The van der Waals surface area contributed by atoms with Crippen molar-refractivity contribution >= 4 is 43.2 Å². The number of sulfonamides is 1. The Kier molecular flexibility index (Phi) is 4.13. The molecule has 100 valence electrons. The average molecular weight is 362 g/mol. The first-order valence-electron chi connectivity index (χ1n) is 5.29. The molecule has 1 aromatic carbocycles. The van der Waals surface area contributed by atoms with Crippen LogP contribution in [0.1, 0.15) is 5.56 Å². The van der Waals surface area contributed by atoms with E-state index in [9.17, 15) is 8.42 Å². The third kappa shape index (κ3) is 3.46. The highest BCUT2D eigenvalue weighted by atomic mass is 79.9. The van der Waals surface area contributed by atoms with Crippen molar-refractivity contribution < 1.29 is 8.42 Å². The van der Waals surface area contributed by atoms with Gasteiger partial charge in [0.15, 0.2) is 0 Å². The Morgan fingerprint density at radius 1 is 1.26 bits per heavy atom. The van der Waals surface area contributed by atoms with Gasteiger partial charge in [-0.05, 0) is 42.8 Å². The Morgan fingerprint density at radius 3 is 2.58 bits per heavy atom. The van der Waals surface area contributed by atoms with Crippen molar-refractivity contribution in [2.24, 2.45) is 0 Å². The first kappa shape index (κ1) is 14.3. The minimum Gasteiger partial charge on any atom is -0.280 e. The van der Waals surface area contributed by atoms with Gasteiger partial charge in [0.1, 0.15) is 10.0 Å². The number of nitrogens with zero attached hydrogens (tertiary/aromatic N) is 1. The Hall–Kier alpha value is -1.11. The second kappa shape index (κ2) is 5.48. The Balaban J connectivity index is 2.30. The summed E-state index contributed by atoms with van der Waals surface area (Å²) in [5.41, 5.74) is 1.44. The molecule has 19 heavy (non-hydrogen) atoms. The Morgan fingerprint density at radius 2 is 2.00 bits per heavy atom. The van der Waals surface area contributed by atoms with Gasteiger partial charge >= 0.3 is 0 Å². The van der Waals surface area contributed by atoms with Crippen LogP contribution in [0, 0.1) is 6.92 Å². The number of benzene rings is 1. The molecule has 0 bridgehead atoms. The molecule has 2 aromatic rings. The summed E-state index contributed by atoms with van der Waals surface area (Å²) in [6.45, 7) is 1.88. The van der Waals surface area contributed by atoms with Crippen molar-refractivity contribution in [3.63, 3.8) is 0 Å². The van der Waals surface area contributed by atoms with Crippen molar-refractivity contribution in [3.8, 4) is 0 Å². The summed E-state index contributed by atoms with van der Waals surface area (Å²) < 4.78 is 27.6. The third-order valence-electron chi connectivity index (χ3n) is 2.42. The van der Waals surface area contributed by atoms with Crippen LogP contribution >= 0.6 is 27.5 Å². The lowest BCUT2D eigenvalue weighted by molar-refractivity contribution is 0.601. The standard InChI is InChI=1S/C12H10BrClN2O2S/c1-8-6-9(2-4-11(8)13)16-19(17,18)10-3-5-12(14)15-7-10/h2-7,16H,1H3. The maximum Gasteiger partial charge on any atom is 0.263 e. The van der Waals surface area contributed by atoms with Gasteiger partial charge < -0.3 is 0 Å². The zero-order valence-corrected chi connectivity index (χ0v) is 13.1. The topological polar surface area (TPSA) is 59.1 Å². The predicted molar refractivity (Wildman–Crippen MR) is 78.9 cm³/mol. The molecule has 0 unspecified atom stereocenters. The fourth-order valence-corrected chi connectivity index (χ4v) is 2.80. The van der Waals surface area contributed by atoms with Crippen LogP contribution in [0.3, 0.4) is 0 Å². The van der Waals surface area contributed by atoms with Crippen molar-refractivity contribution in [2.75, 3.05) is 4.72 Å². The quantitative estimate of drug-likeness (QED) is 0.850. The van der Waals surface area contributed by atoms with Gasteiger partial charge in [0.05, 0.1) is 0 Å². The molecule has 0 spiro atoms. The van der Waals surface area contributed by atoms with Gasteiger partial charge in [0.2, 0.25) is 0 Å². The van der Waals surface area contributed by atoms with Gasteiger partial charge in [-0.15, -0.1) is 0 Å². The van der Waals surface area contributed by atoms with E-state index in [0.29, 0.717) is 5.69 Å². The number of aromatic nitrogens is 1. The Bertz CT molecular complexity index is 702. The van der Waals surface area contributed by atoms with Gasteiger partial charge in [-0.1, -0.05) is 27.5 Å². The van der Waals surface area contributed by atoms with Crippen LogP contribution in [0.25, 0.3) is 0 Å². The van der Waals surface area contributed by atoms with E-state index in [2.05, 4.69) is 25.6 Å². The molecule has 0 aliphatic carbocycles. The number of nitrogens with one attached hydrogen (secondary N) is 1. The van der Waals surface area contributed by atoms with Gasteiger partial charge in [0, 0.05) is 16.4 Å². The minimum absolute atomic E-state index is 0.0671. The number of hydrogen-bond acceptors (Lipinski definition) is 3. The maximum atomic E-state index is 12.1. The van der Waals surface area contributed by atoms with E-state index in [0.717, 1.165) is 10.0 Å². The van der Waals surface area contributed by atoms with Gasteiger partial charge in [0.25, 0.3) is 10.0 Å². The monoisotopic (exact) mass is 360 g/mol.